The van der Waals surface area contributed by atoms with Gasteiger partial charge in [-0.15, -0.1) is 0 Å². The second-order valence-corrected chi connectivity index (χ2v) is 11.9. The summed E-state index contributed by atoms with van der Waals surface area (Å²) in [6.07, 6.45) is 0.953. The SMILES string of the molecule is C=S1(=O)CCC(C)(NC(=O)C(=O)c2c(C)c(C(=O)Nc3ccc(F)c(C)c3)c(C)n2C)CC1. The zero-order valence-corrected chi connectivity index (χ0v) is 20.5. The highest BCUT2D eigenvalue weighted by Crippen LogP contribution is 2.26. The van der Waals surface area contributed by atoms with Crippen LogP contribution in [0.15, 0.2) is 18.2 Å². The first kappa shape index (κ1) is 24.7. The van der Waals surface area contributed by atoms with Crippen LogP contribution < -0.4 is 10.6 Å². The van der Waals surface area contributed by atoms with Gasteiger partial charge in [0.2, 0.25) is 0 Å². The Balaban J connectivity index is 1.83. The predicted molar refractivity (Wildman–Crippen MR) is 129 cm³/mol. The van der Waals surface area contributed by atoms with Gasteiger partial charge in [0.15, 0.2) is 0 Å². The molecule has 0 unspecified atom stereocenters. The minimum atomic E-state index is -2.12. The van der Waals surface area contributed by atoms with E-state index < -0.39 is 32.7 Å². The molecule has 2 aromatic rings. The van der Waals surface area contributed by atoms with Crippen molar-refractivity contribution in [3.8, 4) is 0 Å². The molecular formula is C24H30FN3O4S. The number of amides is 2. The summed E-state index contributed by atoms with van der Waals surface area (Å²) in [4.78, 5) is 38.9. The number of ketones is 1. The second-order valence-electron chi connectivity index (χ2n) is 9.13. The fourth-order valence-corrected chi connectivity index (χ4v) is 6.01. The highest BCUT2D eigenvalue weighted by atomic mass is 32.2. The summed E-state index contributed by atoms with van der Waals surface area (Å²) in [7, 11) is -0.497. The van der Waals surface area contributed by atoms with E-state index in [1.807, 2.05) is 6.92 Å². The molecule has 1 aliphatic rings. The Bertz CT molecular complexity index is 1250. The molecule has 0 aliphatic carbocycles. The first-order valence-corrected chi connectivity index (χ1v) is 12.7. The van der Waals surface area contributed by atoms with Gasteiger partial charge in [0.05, 0.1) is 11.3 Å². The maximum atomic E-state index is 13.5. The number of aryl methyl sites for hydroxylation is 1. The Labute approximate surface area is 193 Å². The molecule has 0 spiro atoms. The van der Waals surface area contributed by atoms with Crippen molar-refractivity contribution in [1.29, 1.82) is 0 Å². The van der Waals surface area contributed by atoms with Gasteiger partial charge in [0.25, 0.3) is 17.6 Å². The zero-order valence-electron chi connectivity index (χ0n) is 19.6. The molecular weight excluding hydrogens is 445 g/mol. The number of hydrogen-bond donors (Lipinski definition) is 2. The summed E-state index contributed by atoms with van der Waals surface area (Å²) >= 11 is 0. The number of anilines is 1. The third kappa shape index (κ3) is 5.03. The molecule has 1 aromatic heterocycles. The van der Waals surface area contributed by atoms with Crippen LogP contribution in [-0.2, 0) is 21.4 Å². The average Bonchev–Trinajstić information content (AvgIpc) is 2.95. The minimum absolute atomic E-state index is 0.130. The van der Waals surface area contributed by atoms with E-state index >= 15 is 0 Å². The summed E-state index contributed by atoms with van der Waals surface area (Å²) in [5, 5.41) is 5.54. The average molecular weight is 476 g/mol. The Morgan fingerprint density at radius 3 is 2.33 bits per heavy atom. The molecule has 7 nitrogen and oxygen atoms in total. The first-order chi connectivity index (χ1) is 15.2. The van der Waals surface area contributed by atoms with Gasteiger partial charge in [-0.05, 0) is 85.3 Å². The standard InChI is InChI=1S/C24H30FN3O4S/c1-14-13-17(7-8-18(14)25)26-22(30)19-15(2)20(28(5)16(19)3)21(29)23(31)27-24(4)9-11-33(6,32)12-10-24/h7-8,13H,6,9-12H2,1-5H3,(H,26,30)(H,27,31). The van der Waals surface area contributed by atoms with Crippen LogP contribution in [-0.4, -0.2) is 49.3 Å². The quantitative estimate of drug-likeness (QED) is 0.395. The molecule has 9 heteroatoms. The minimum Gasteiger partial charge on any atom is -0.344 e. The van der Waals surface area contributed by atoms with Crippen LogP contribution in [0.4, 0.5) is 10.1 Å². The van der Waals surface area contributed by atoms with Crippen LogP contribution in [0.2, 0.25) is 0 Å². The van der Waals surface area contributed by atoms with Gasteiger partial charge >= 0.3 is 0 Å². The van der Waals surface area contributed by atoms with Crippen molar-refractivity contribution >= 4 is 38.7 Å². The fraction of sp³-hybridized carbons (Fsp3) is 0.417. The molecule has 1 aromatic carbocycles. The van der Waals surface area contributed by atoms with Crippen LogP contribution in [0.25, 0.3) is 0 Å². The van der Waals surface area contributed by atoms with Crippen molar-refractivity contribution in [2.75, 3.05) is 16.8 Å². The predicted octanol–water partition coefficient (Wildman–Crippen LogP) is 2.91. The van der Waals surface area contributed by atoms with Crippen LogP contribution in [0.1, 0.15) is 57.4 Å². The van der Waals surface area contributed by atoms with E-state index in [-0.39, 0.29) is 17.1 Å². The fourth-order valence-electron chi connectivity index (χ4n) is 4.16. The van der Waals surface area contributed by atoms with Crippen molar-refractivity contribution in [2.45, 2.75) is 46.1 Å². The summed E-state index contributed by atoms with van der Waals surface area (Å²) in [5.74, 6) is 2.21. The highest BCUT2D eigenvalue weighted by molar-refractivity contribution is 8.00. The van der Waals surface area contributed by atoms with E-state index in [1.54, 1.807) is 27.8 Å². The van der Waals surface area contributed by atoms with Crippen molar-refractivity contribution in [2.24, 2.45) is 7.05 Å². The topological polar surface area (TPSA) is 97.3 Å². The summed E-state index contributed by atoms with van der Waals surface area (Å²) < 4.78 is 27.2. The lowest BCUT2D eigenvalue weighted by molar-refractivity contribution is -0.118. The Morgan fingerprint density at radius 1 is 1.15 bits per heavy atom. The highest BCUT2D eigenvalue weighted by Gasteiger charge is 2.36. The number of Topliss-reactive ketones (excluding diaryl/α,β-unsaturated/α-hetero) is 1. The van der Waals surface area contributed by atoms with Gasteiger partial charge in [0, 0.05) is 35.5 Å². The molecule has 2 heterocycles. The number of benzene rings is 1. The number of carbonyl (C=O) groups is 3. The number of carbonyl (C=O) groups excluding carboxylic acids is 3. The normalized spacial score (nSPS) is 22.6. The van der Waals surface area contributed by atoms with E-state index in [4.69, 9.17) is 0 Å². The molecule has 3 rings (SSSR count). The number of nitrogens with zero attached hydrogens (tertiary/aromatic N) is 1. The number of halogens is 1. The summed E-state index contributed by atoms with van der Waals surface area (Å²) in [6.45, 7) is 6.75. The molecule has 1 saturated heterocycles. The molecule has 0 radical (unpaired) electrons. The first-order valence-electron chi connectivity index (χ1n) is 10.7. The van der Waals surface area contributed by atoms with E-state index in [1.165, 1.54) is 22.8 Å². The second kappa shape index (κ2) is 8.78. The summed E-state index contributed by atoms with van der Waals surface area (Å²) in [5.41, 5.74) is 1.52. The molecule has 2 N–H and O–H groups in total. The molecule has 33 heavy (non-hydrogen) atoms. The van der Waals surface area contributed by atoms with Gasteiger partial charge in [-0.25, -0.2) is 4.39 Å². The third-order valence-electron chi connectivity index (χ3n) is 6.46. The van der Waals surface area contributed by atoms with Crippen molar-refractivity contribution in [3.05, 3.63) is 52.1 Å². The van der Waals surface area contributed by atoms with E-state index in [0.717, 1.165) is 0 Å². The van der Waals surface area contributed by atoms with Gasteiger partial charge in [-0.1, -0.05) is 0 Å². The Kier molecular flexibility index (Phi) is 6.57. The molecule has 2 amide bonds. The molecule has 0 atom stereocenters. The van der Waals surface area contributed by atoms with E-state index in [0.29, 0.717) is 46.9 Å². The van der Waals surface area contributed by atoms with Gasteiger partial charge < -0.3 is 15.2 Å². The Morgan fingerprint density at radius 2 is 1.76 bits per heavy atom. The van der Waals surface area contributed by atoms with Crippen LogP contribution in [0.5, 0.6) is 0 Å². The number of hydrogen-bond acceptors (Lipinski definition) is 4. The number of aromatic nitrogens is 1. The number of nitrogens with one attached hydrogen (secondary N) is 2. The third-order valence-corrected chi connectivity index (χ3v) is 8.36. The molecule has 1 fully saturated rings. The lowest BCUT2D eigenvalue weighted by Crippen LogP contribution is -2.53. The maximum Gasteiger partial charge on any atom is 0.294 e. The van der Waals surface area contributed by atoms with Gasteiger partial charge in [-0.3, -0.25) is 18.6 Å². The number of rotatable bonds is 5. The van der Waals surface area contributed by atoms with Crippen LogP contribution in [0.3, 0.4) is 0 Å². The maximum absolute atomic E-state index is 13.5. The monoisotopic (exact) mass is 475 g/mol. The van der Waals surface area contributed by atoms with Crippen LogP contribution in [0, 0.1) is 26.6 Å². The van der Waals surface area contributed by atoms with Gasteiger partial charge in [0.1, 0.15) is 5.82 Å². The van der Waals surface area contributed by atoms with Crippen molar-refractivity contribution < 1.29 is 23.0 Å². The smallest absolute Gasteiger partial charge is 0.294 e. The van der Waals surface area contributed by atoms with Crippen molar-refractivity contribution in [3.63, 3.8) is 0 Å². The molecule has 0 bridgehead atoms. The Hall–Kier alpha value is -2.94. The zero-order chi connectivity index (χ0) is 24.7. The lowest BCUT2D eigenvalue weighted by Gasteiger charge is -2.35. The summed E-state index contributed by atoms with van der Waals surface area (Å²) in [6, 6.07) is 4.26. The molecule has 0 saturated carbocycles. The van der Waals surface area contributed by atoms with Gasteiger partial charge in [-0.2, -0.15) is 0 Å². The van der Waals surface area contributed by atoms with Crippen molar-refractivity contribution in [1.82, 2.24) is 9.88 Å². The van der Waals surface area contributed by atoms with E-state index in [2.05, 4.69) is 16.5 Å². The molecule has 178 valence electrons. The van der Waals surface area contributed by atoms with E-state index in [9.17, 15) is 23.0 Å². The largest absolute Gasteiger partial charge is 0.344 e. The molecule has 1 aliphatic heterocycles. The van der Waals surface area contributed by atoms with Crippen LogP contribution >= 0.6 is 0 Å². The lowest BCUT2D eigenvalue weighted by atomic mass is 9.94.